The van der Waals surface area contributed by atoms with Gasteiger partial charge in [0.1, 0.15) is 5.78 Å². The van der Waals surface area contributed by atoms with Crippen LogP contribution in [0, 0.1) is 17.3 Å². The number of hydrogen-bond donors (Lipinski definition) is 0. The highest BCUT2D eigenvalue weighted by Crippen LogP contribution is 2.47. The van der Waals surface area contributed by atoms with Gasteiger partial charge >= 0.3 is 5.97 Å². The Hall–Kier alpha value is -1.12. The van der Waals surface area contributed by atoms with E-state index in [1.165, 1.54) is 7.11 Å². The van der Waals surface area contributed by atoms with Crippen molar-refractivity contribution in [2.24, 2.45) is 17.3 Å². The Morgan fingerprint density at radius 1 is 1.47 bits per heavy atom. The summed E-state index contributed by atoms with van der Waals surface area (Å²) in [6, 6.07) is 0. The maximum absolute atomic E-state index is 11.9. The molecule has 3 heteroatoms. The minimum atomic E-state index is -0.302. The van der Waals surface area contributed by atoms with Crippen LogP contribution < -0.4 is 0 Å². The molecular weight excluding hydrogens is 240 g/mol. The highest BCUT2D eigenvalue weighted by atomic mass is 16.5. The number of rotatable bonds is 4. The number of allylic oxidation sites excluding steroid dienone is 1. The lowest BCUT2D eigenvalue weighted by Crippen LogP contribution is -2.41. The van der Waals surface area contributed by atoms with E-state index in [0.29, 0.717) is 11.7 Å². The molecule has 1 aliphatic carbocycles. The maximum Gasteiger partial charge on any atom is 0.330 e. The van der Waals surface area contributed by atoms with Crippen molar-refractivity contribution >= 4 is 11.8 Å². The zero-order valence-corrected chi connectivity index (χ0v) is 12.8. The number of hydrogen-bond acceptors (Lipinski definition) is 3. The lowest BCUT2D eigenvalue weighted by Gasteiger charge is -2.44. The van der Waals surface area contributed by atoms with Gasteiger partial charge in [-0.3, -0.25) is 4.79 Å². The Balaban J connectivity index is 2.70. The van der Waals surface area contributed by atoms with Crippen molar-refractivity contribution in [1.82, 2.24) is 0 Å². The summed E-state index contributed by atoms with van der Waals surface area (Å²) >= 11 is 0. The summed E-state index contributed by atoms with van der Waals surface area (Å²) in [6.45, 7) is 8.45. The lowest BCUT2D eigenvalue weighted by atomic mass is 9.59. The Kier molecular flexibility index (Phi) is 5.33. The van der Waals surface area contributed by atoms with Crippen LogP contribution in [0.15, 0.2) is 11.6 Å². The van der Waals surface area contributed by atoms with Crippen molar-refractivity contribution in [2.75, 3.05) is 7.11 Å². The van der Waals surface area contributed by atoms with Crippen molar-refractivity contribution in [3.8, 4) is 0 Å². The predicted octanol–water partition coefficient (Wildman–Crippen LogP) is 3.53. The van der Waals surface area contributed by atoms with Gasteiger partial charge < -0.3 is 4.74 Å². The Morgan fingerprint density at radius 2 is 2.11 bits per heavy atom. The van der Waals surface area contributed by atoms with Gasteiger partial charge in [-0.25, -0.2) is 4.79 Å². The number of esters is 1. The standard InChI is InChI=1S/C16H26O3/c1-11(10-15(18)19-5)8-9-16(4)12(2)6-7-14(17)13(16)3/h10,12-13H,6-9H2,1-5H3. The Labute approximate surface area is 116 Å². The third-order valence-electron chi connectivity index (χ3n) is 5.05. The molecule has 1 saturated carbocycles. The molecule has 1 rings (SSSR count). The largest absolute Gasteiger partial charge is 0.466 e. The summed E-state index contributed by atoms with van der Waals surface area (Å²) in [5.74, 6) is 0.743. The van der Waals surface area contributed by atoms with Gasteiger partial charge in [0.05, 0.1) is 7.11 Å². The van der Waals surface area contributed by atoms with Crippen LogP contribution in [0.3, 0.4) is 0 Å². The van der Waals surface area contributed by atoms with Crippen molar-refractivity contribution < 1.29 is 14.3 Å². The quantitative estimate of drug-likeness (QED) is 0.577. The van der Waals surface area contributed by atoms with Gasteiger partial charge in [-0.1, -0.05) is 26.3 Å². The predicted molar refractivity (Wildman–Crippen MR) is 75.7 cm³/mol. The molecule has 0 N–H and O–H groups in total. The molecule has 0 aromatic carbocycles. The zero-order chi connectivity index (χ0) is 14.6. The van der Waals surface area contributed by atoms with Crippen LogP contribution in [-0.4, -0.2) is 18.9 Å². The number of ether oxygens (including phenoxy) is 1. The summed E-state index contributed by atoms with van der Waals surface area (Å²) in [4.78, 5) is 23.1. The van der Waals surface area contributed by atoms with E-state index in [0.717, 1.165) is 31.3 Å². The van der Waals surface area contributed by atoms with Crippen LogP contribution in [-0.2, 0) is 14.3 Å². The minimum Gasteiger partial charge on any atom is -0.466 e. The summed E-state index contributed by atoms with van der Waals surface area (Å²) in [6.07, 6.45) is 5.03. The first-order valence-electron chi connectivity index (χ1n) is 7.09. The monoisotopic (exact) mass is 266 g/mol. The second-order valence-corrected chi connectivity index (χ2v) is 6.15. The smallest absolute Gasteiger partial charge is 0.330 e. The summed E-state index contributed by atoms with van der Waals surface area (Å²) in [7, 11) is 1.39. The van der Waals surface area contributed by atoms with Crippen LogP contribution in [0.4, 0.5) is 0 Å². The van der Waals surface area contributed by atoms with E-state index >= 15 is 0 Å². The molecule has 0 heterocycles. The molecule has 19 heavy (non-hydrogen) atoms. The van der Waals surface area contributed by atoms with E-state index in [1.807, 2.05) is 6.92 Å². The second-order valence-electron chi connectivity index (χ2n) is 6.15. The second kappa shape index (κ2) is 6.36. The van der Waals surface area contributed by atoms with Gasteiger partial charge in [0, 0.05) is 18.4 Å². The number of Topliss-reactive ketones (excluding diaryl/α,β-unsaturated/α-hetero) is 1. The molecule has 0 aromatic heterocycles. The SMILES string of the molecule is COC(=O)C=C(C)CCC1(C)C(C)CCC(=O)C1C. The van der Waals surface area contributed by atoms with Crippen LogP contribution in [0.5, 0.6) is 0 Å². The average molecular weight is 266 g/mol. The summed E-state index contributed by atoms with van der Waals surface area (Å²) in [5, 5.41) is 0. The van der Waals surface area contributed by atoms with Gasteiger partial charge in [0.25, 0.3) is 0 Å². The van der Waals surface area contributed by atoms with E-state index in [1.54, 1.807) is 6.08 Å². The molecule has 1 aliphatic rings. The van der Waals surface area contributed by atoms with Crippen LogP contribution in [0.25, 0.3) is 0 Å². The molecule has 108 valence electrons. The van der Waals surface area contributed by atoms with E-state index < -0.39 is 0 Å². The first-order chi connectivity index (χ1) is 8.81. The van der Waals surface area contributed by atoms with Gasteiger partial charge in [-0.2, -0.15) is 0 Å². The molecule has 3 atom stereocenters. The third-order valence-corrected chi connectivity index (χ3v) is 5.05. The zero-order valence-electron chi connectivity index (χ0n) is 12.8. The fourth-order valence-corrected chi connectivity index (χ4v) is 2.96. The fourth-order valence-electron chi connectivity index (χ4n) is 2.96. The molecule has 0 amide bonds. The van der Waals surface area contributed by atoms with E-state index in [4.69, 9.17) is 0 Å². The van der Waals surface area contributed by atoms with Gasteiger partial charge in [0.15, 0.2) is 0 Å². The number of carbonyl (C=O) groups excluding carboxylic acids is 2. The van der Waals surface area contributed by atoms with Crippen LogP contribution in [0.1, 0.15) is 53.4 Å². The number of methoxy groups -OCH3 is 1. The Morgan fingerprint density at radius 3 is 2.68 bits per heavy atom. The first kappa shape index (κ1) is 15.9. The average Bonchev–Trinajstić information content (AvgIpc) is 2.38. The number of ketones is 1. The van der Waals surface area contributed by atoms with Crippen molar-refractivity contribution in [2.45, 2.75) is 53.4 Å². The van der Waals surface area contributed by atoms with E-state index in [-0.39, 0.29) is 17.3 Å². The highest BCUT2D eigenvalue weighted by molar-refractivity contribution is 5.83. The summed E-state index contributed by atoms with van der Waals surface area (Å²) in [5.41, 5.74) is 1.06. The lowest BCUT2D eigenvalue weighted by molar-refractivity contribution is -0.135. The normalized spacial score (nSPS) is 32.3. The number of carbonyl (C=O) groups is 2. The molecule has 0 aliphatic heterocycles. The minimum absolute atomic E-state index is 0.0422. The first-order valence-corrected chi connectivity index (χ1v) is 7.09. The summed E-state index contributed by atoms with van der Waals surface area (Å²) < 4.78 is 4.63. The molecule has 3 unspecified atom stereocenters. The molecule has 0 bridgehead atoms. The van der Waals surface area contributed by atoms with Crippen molar-refractivity contribution in [3.05, 3.63) is 11.6 Å². The Bertz CT molecular complexity index is 383. The van der Waals surface area contributed by atoms with Gasteiger partial charge in [-0.15, -0.1) is 0 Å². The molecule has 1 fully saturated rings. The molecule has 3 nitrogen and oxygen atoms in total. The fraction of sp³-hybridized carbons (Fsp3) is 0.750. The van der Waals surface area contributed by atoms with Gasteiger partial charge in [-0.05, 0) is 37.5 Å². The third kappa shape index (κ3) is 3.68. The molecule has 0 radical (unpaired) electrons. The highest BCUT2D eigenvalue weighted by Gasteiger charge is 2.42. The topological polar surface area (TPSA) is 43.4 Å². The molecule has 0 spiro atoms. The van der Waals surface area contributed by atoms with Crippen molar-refractivity contribution in [1.29, 1.82) is 0 Å². The van der Waals surface area contributed by atoms with Gasteiger partial charge in [0.2, 0.25) is 0 Å². The molecule has 0 aromatic rings. The van der Waals surface area contributed by atoms with Crippen molar-refractivity contribution in [3.63, 3.8) is 0 Å². The molecule has 0 saturated heterocycles. The molecular formula is C16H26O3. The maximum atomic E-state index is 11.9. The van der Waals surface area contributed by atoms with Crippen LogP contribution >= 0.6 is 0 Å². The van der Waals surface area contributed by atoms with Crippen LogP contribution in [0.2, 0.25) is 0 Å². The van der Waals surface area contributed by atoms with E-state index in [2.05, 4.69) is 25.5 Å². The van der Waals surface area contributed by atoms with E-state index in [9.17, 15) is 9.59 Å².